The van der Waals surface area contributed by atoms with Gasteiger partial charge in [-0.05, 0) is 47.1 Å². The highest BCUT2D eigenvalue weighted by atomic mass is 16.5. The number of carbonyl (C=O) groups excluding carboxylic acids is 1. The first kappa shape index (κ1) is 19.7. The van der Waals surface area contributed by atoms with Crippen LogP contribution in [0, 0.1) is 0 Å². The van der Waals surface area contributed by atoms with Crippen LogP contribution in [0.1, 0.15) is 62.6 Å². The van der Waals surface area contributed by atoms with Crippen LogP contribution in [0.2, 0.25) is 0 Å². The normalized spacial score (nSPS) is 12.3. The number of rotatable bonds is 8. The maximum Gasteiger partial charge on any atom is 0.277 e. The molecule has 0 heterocycles. The molecule has 0 fully saturated rings. The molecule has 1 N–H and O–H groups in total. The van der Waals surface area contributed by atoms with Gasteiger partial charge in [0.1, 0.15) is 5.75 Å². The van der Waals surface area contributed by atoms with Gasteiger partial charge in [-0.25, -0.2) is 5.43 Å². The summed E-state index contributed by atoms with van der Waals surface area (Å²) in [5.41, 5.74) is 5.98. The van der Waals surface area contributed by atoms with Crippen molar-refractivity contribution in [2.75, 3.05) is 6.61 Å². The van der Waals surface area contributed by atoms with Crippen molar-refractivity contribution in [1.82, 2.24) is 5.43 Å². The molecule has 2 aromatic rings. The first-order valence-corrected chi connectivity index (χ1v) is 9.14. The molecule has 0 radical (unpaired) electrons. The molecule has 1 amide bonds. The van der Waals surface area contributed by atoms with E-state index in [4.69, 9.17) is 4.74 Å². The van der Waals surface area contributed by atoms with E-state index in [0.717, 1.165) is 12.0 Å². The summed E-state index contributed by atoms with van der Waals surface area (Å²) < 4.78 is 5.50. The minimum Gasteiger partial charge on any atom is -0.484 e. The van der Waals surface area contributed by atoms with Crippen molar-refractivity contribution >= 4 is 12.1 Å². The lowest BCUT2D eigenvalue weighted by atomic mass is 9.99. The average molecular weight is 352 g/mol. The Morgan fingerprint density at radius 3 is 2.23 bits per heavy atom. The third-order valence-corrected chi connectivity index (χ3v) is 4.44. The molecule has 26 heavy (non-hydrogen) atoms. The zero-order valence-electron chi connectivity index (χ0n) is 16.0. The largest absolute Gasteiger partial charge is 0.484 e. The van der Waals surface area contributed by atoms with Gasteiger partial charge in [0.15, 0.2) is 6.61 Å². The second kappa shape index (κ2) is 9.76. The van der Waals surface area contributed by atoms with Crippen LogP contribution in [0.15, 0.2) is 53.6 Å². The molecule has 0 bridgehead atoms. The Balaban J connectivity index is 1.78. The number of benzene rings is 2. The van der Waals surface area contributed by atoms with Gasteiger partial charge in [-0.2, -0.15) is 5.10 Å². The number of nitrogens with one attached hydrogen (secondary N) is 1. The molecule has 0 aromatic heterocycles. The summed E-state index contributed by atoms with van der Waals surface area (Å²) >= 11 is 0. The van der Waals surface area contributed by atoms with Crippen LogP contribution in [0.25, 0.3) is 0 Å². The molecule has 0 aliphatic rings. The number of amides is 1. The van der Waals surface area contributed by atoms with Gasteiger partial charge in [-0.1, -0.05) is 64.1 Å². The maximum atomic E-state index is 11.8. The minimum atomic E-state index is -0.286. The van der Waals surface area contributed by atoms with Crippen molar-refractivity contribution < 1.29 is 9.53 Å². The van der Waals surface area contributed by atoms with Crippen LogP contribution in [0.4, 0.5) is 0 Å². The molecule has 0 saturated heterocycles. The molecular formula is C22H28N2O2. The predicted molar refractivity (Wildman–Crippen MR) is 107 cm³/mol. The Bertz CT molecular complexity index is 719. The second-order valence-electron chi connectivity index (χ2n) is 6.78. The van der Waals surface area contributed by atoms with Gasteiger partial charge in [0, 0.05) is 0 Å². The van der Waals surface area contributed by atoms with E-state index in [1.165, 1.54) is 11.1 Å². The molecular weight excluding hydrogens is 324 g/mol. The predicted octanol–water partition coefficient (Wildman–Crippen LogP) is 4.85. The molecule has 2 aromatic carbocycles. The third-order valence-electron chi connectivity index (χ3n) is 4.44. The van der Waals surface area contributed by atoms with Gasteiger partial charge in [0.2, 0.25) is 0 Å². The van der Waals surface area contributed by atoms with E-state index in [1.54, 1.807) is 6.21 Å². The van der Waals surface area contributed by atoms with E-state index >= 15 is 0 Å². The fourth-order valence-corrected chi connectivity index (χ4v) is 2.46. The number of carbonyl (C=O) groups is 1. The average Bonchev–Trinajstić information content (AvgIpc) is 2.66. The Labute approximate surface area is 156 Å². The molecule has 0 aliphatic heterocycles. The van der Waals surface area contributed by atoms with E-state index in [9.17, 15) is 4.79 Å². The lowest BCUT2D eigenvalue weighted by Crippen LogP contribution is -2.24. The van der Waals surface area contributed by atoms with Crippen LogP contribution in [-0.2, 0) is 4.79 Å². The lowest BCUT2D eigenvalue weighted by molar-refractivity contribution is -0.123. The first-order valence-electron chi connectivity index (χ1n) is 9.14. The van der Waals surface area contributed by atoms with Gasteiger partial charge in [-0.3, -0.25) is 4.79 Å². The SMILES string of the molecule is CC[C@@H](C)c1ccc(OCC(=O)N/N=C\c2ccc(C(C)C)cc2)cc1. The summed E-state index contributed by atoms with van der Waals surface area (Å²) in [6, 6.07) is 16.0. The number of hydrazone groups is 1. The monoisotopic (exact) mass is 352 g/mol. The number of hydrogen-bond acceptors (Lipinski definition) is 3. The van der Waals surface area contributed by atoms with Crippen molar-refractivity contribution in [2.45, 2.75) is 46.0 Å². The van der Waals surface area contributed by atoms with Gasteiger partial charge >= 0.3 is 0 Å². The highest BCUT2D eigenvalue weighted by Crippen LogP contribution is 2.21. The Morgan fingerprint density at radius 1 is 1.04 bits per heavy atom. The summed E-state index contributed by atoms with van der Waals surface area (Å²) in [6.45, 7) is 8.60. The lowest BCUT2D eigenvalue weighted by Gasteiger charge is -2.10. The van der Waals surface area contributed by atoms with Crippen molar-refractivity contribution in [2.24, 2.45) is 5.10 Å². The van der Waals surface area contributed by atoms with Crippen molar-refractivity contribution in [3.8, 4) is 5.75 Å². The van der Waals surface area contributed by atoms with E-state index in [1.807, 2.05) is 36.4 Å². The van der Waals surface area contributed by atoms with Gasteiger partial charge in [-0.15, -0.1) is 0 Å². The smallest absolute Gasteiger partial charge is 0.277 e. The van der Waals surface area contributed by atoms with Crippen LogP contribution in [0.3, 0.4) is 0 Å². The summed E-state index contributed by atoms with van der Waals surface area (Å²) in [7, 11) is 0. The van der Waals surface area contributed by atoms with Crippen LogP contribution >= 0.6 is 0 Å². The topological polar surface area (TPSA) is 50.7 Å². The van der Waals surface area contributed by atoms with Gasteiger partial charge < -0.3 is 4.74 Å². The summed E-state index contributed by atoms with van der Waals surface area (Å²) in [6.07, 6.45) is 2.73. The molecule has 0 saturated carbocycles. The quantitative estimate of drug-likeness (QED) is 0.545. The number of hydrogen-bond donors (Lipinski definition) is 1. The minimum absolute atomic E-state index is 0.0632. The standard InChI is InChI=1S/C22H28N2O2/c1-5-17(4)20-10-12-21(13-11-20)26-15-22(25)24-23-14-18-6-8-19(9-7-18)16(2)3/h6-14,16-17H,5,15H2,1-4H3,(H,24,25)/b23-14-/t17-/m1/s1. The van der Waals surface area contributed by atoms with E-state index in [0.29, 0.717) is 17.6 Å². The fourth-order valence-electron chi connectivity index (χ4n) is 2.46. The van der Waals surface area contributed by atoms with Gasteiger partial charge in [0.25, 0.3) is 5.91 Å². The Morgan fingerprint density at radius 2 is 1.65 bits per heavy atom. The van der Waals surface area contributed by atoms with E-state index in [-0.39, 0.29) is 12.5 Å². The fraction of sp³-hybridized carbons (Fsp3) is 0.364. The molecule has 4 heteroatoms. The third kappa shape index (κ3) is 6.03. The second-order valence-corrected chi connectivity index (χ2v) is 6.78. The summed E-state index contributed by atoms with van der Waals surface area (Å²) in [5.74, 6) is 1.42. The summed E-state index contributed by atoms with van der Waals surface area (Å²) in [4.78, 5) is 11.8. The maximum absolute atomic E-state index is 11.8. The molecule has 138 valence electrons. The number of ether oxygens (including phenoxy) is 1. The Kier molecular flexibility index (Phi) is 7.39. The summed E-state index contributed by atoms with van der Waals surface area (Å²) in [5, 5.41) is 3.97. The van der Waals surface area contributed by atoms with E-state index in [2.05, 4.69) is 50.4 Å². The molecule has 0 unspecified atom stereocenters. The van der Waals surface area contributed by atoms with Gasteiger partial charge in [0.05, 0.1) is 6.21 Å². The van der Waals surface area contributed by atoms with Crippen LogP contribution in [0.5, 0.6) is 5.75 Å². The van der Waals surface area contributed by atoms with Crippen molar-refractivity contribution in [3.63, 3.8) is 0 Å². The van der Waals surface area contributed by atoms with E-state index < -0.39 is 0 Å². The Hall–Kier alpha value is -2.62. The van der Waals surface area contributed by atoms with Crippen molar-refractivity contribution in [1.29, 1.82) is 0 Å². The number of nitrogens with zero attached hydrogens (tertiary/aromatic N) is 1. The molecule has 0 spiro atoms. The molecule has 0 aliphatic carbocycles. The highest BCUT2D eigenvalue weighted by Gasteiger charge is 2.05. The first-order chi connectivity index (χ1) is 12.5. The van der Waals surface area contributed by atoms with Crippen molar-refractivity contribution in [3.05, 3.63) is 65.2 Å². The van der Waals surface area contributed by atoms with Crippen LogP contribution < -0.4 is 10.2 Å². The zero-order valence-corrected chi connectivity index (χ0v) is 16.0. The zero-order chi connectivity index (χ0) is 18.9. The molecule has 1 atom stereocenters. The molecule has 4 nitrogen and oxygen atoms in total. The highest BCUT2D eigenvalue weighted by molar-refractivity contribution is 5.82. The van der Waals surface area contributed by atoms with Crippen LogP contribution in [-0.4, -0.2) is 18.7 Å². The molecule has 2 rings (SSSR count).